The summed E-state index contributed by atoms with van der Waals surface area (Å²) in [5.41, 5.74) is -0.396. The van der Waals surface area contributed by atoms with Gasteiger partial charge in [0.1, 0.15) is 12.6 Å². The van der Waals surface area contributed by atoms with Crippen LogP contribution in [0.15, 0.2) is 0 Å². The Morgan fingerprint density at radius 2 is 2.00 bits per heavy atom. The summed E-state index contributed by atoms with van der Waals surface area (Å²) < 4.78 is 10.1. The molecular formula is C8H14O3. The lowest BCUT2D eigenvalue weighted by Crippen LogP contribution is -2.41. The maximum Gasteiger partial charge on any atom is 0.146 e. The lowest BCUT2D eigenvalue weighted by Gasteiger charge is -2.31. The molecule has 0 atom stereocenters. The lowest BCUT2D eigenvalue weighted by molar-refractivity contribution is -0.172. The first kappa shape index (κ1) is 8.68. The van der Waals surface area contributed by atoms with E-state index in [0.717, 1.165) is 0 Å². The van der Waals surface area contributed by atoms with Crippen LogP contribution >= 0.6 is 0 Å². The van der Waals surface area contributed by atoms with Gasteiger partial charge in [0, 0.05) is 6.42 Å². The fourth-order valence-corrected chi connectivity index (χ4v) is 1.22. The third-order valence-electron chi connectivity index (χ3n) is 2.00. The molecule has 0 bridgehead atoms. The molecule has 0 spiro atoms. The van der Waals surface area contributed by atoms with E-state index in [1.165, 1.54) is 0 Å². The van der Waals surface area contributed by atoms with Crippen molar-refractivity contribution in [1.29, 1.82) is 0 Å². The Bertz CT molecular complexity index is 147. The van der Waals surface area contributed by atoms with Crippen molar-refractivity contribution in [2.24, 2.45) is 5.41 Å². The highest BCUT2D eigenvalue weighted by Gasteiger charge is 2.34. The molecule has 64 valence electrons. The normalized spacial score (nSPS) is 23.1. The zero-order valence-corrected chi connectivity index (χ0v) is 7.05. The first-order valence-electron chi connectivity index (χ1n) is 3.88. The average molecular weight is 158 g/mol. The van der Waals surface area contributed by atoms with E-state index >= 15 is 0 Å². The van der Waals surface area contributed by atoms with Gasteiger partial charge in [-0.1, -0.05) is 6.92 Å². The fraction of sp³-hybridized carbons (Fsp3) is 0.875. The van der Waals surface area contributed by atoms with Gasteiger partial charge in [-0.25, -0.2) is 0 Å². The van der Waals surface area contributed by atoms with Crippen LogP contribution in [-0.2, 0) is 14.3 Å². The Balaban J connectivity index is 2.56. The first-order valence-corrected chi connectivity index (χ1v) is 3.88. The second-order valence-electron chi connectivity index (χ2n) is 3.15. The van der Waals surface area contributed by atoms with Crippen LogP contribution in [0.2, 0.25) is 0 Å². The quantitative estimate of drug-likeness (QED) is 0.601. The number of hydrogen-bond donors (Lipinski definition) is 0. The minimum Gasteiger partial charge on any atom is -0.354 e. The van der Waals surface area contributed by atoms with Crippen LogP contribution in [0.5, 0.6) is 0 Å². The monoisotopic (exact) mass is 158 g/mol. The summed E-state index contributed by atoms with van der Waals surface area (Å²) in [7, 11) is 0. The first-order chi connectivity index (χ1) is 5.19. The molecule has 1 saturated heterocycles. The molecule has 1 aliphatic heterocycles. The zero-order valence-electron chi connectivity index (χ0n) is 7.05. The van der Waals surface area contributed by atoms with Gasteiger partial charge in [0.25, 0.3) is 0 Å². The summed E-state index contributed by atoms with van der Waals surface area (Å²) in [6.07, 6.45) is 0.559. The Hall–Kier alpha value is -0.410. The topological polar surface area (TPSA) is 35.5 Å². The molecule has 1 aliphatic rings. The molecule has 0 aliphatic carbocycles. The van der Waals surface area contributed by atoms with Gasteiger partial charge in [-0.3, -0.25) is 4.79 Å². The Kier molecular flexibility index (Phi) is 2.62. The van der Waals surface area contributed by atoms with E-state index in [0.29, 0.717) is 26.4 Å². The van der Waals surface area contributed by atoms with Crippen molar-refractivity contribution in [3.05, 3.63) is 0 Å². The van der Waals surface area contributed by atoms with Gasteiger partial charge in [0.05, 0.1) is 18.6 Å². The molecular weight excluding hydrogens is 144 g/mol. The molecule has 0 saturated carbocycles. The molecule has 0 unspecified atom stereocenters. The number of ketones is 1. The molecule has 1 fully saturated rings. The van der Waals surface area contributed by atoms with Crippen LogP contribution < -0.4 is 0 Å². The van der Waals surface area contributed by atoms with Crippen LogP contribution in [0.3, 0.4) is 0 Å². The number of hydrogen-bond acceptors (Lipinski definition) is 3. The molecule has 3 nitrogen and oxygen atoms in total. The molecule has 0 aromatic carbocycles. The van der Waals surface area contributed by atoms with Crippen LogP contribution in [0.4, 0.5) is 0 Å². The highest BCUT2D eigenvalue weighted by atomic mass is 16.7. The minimum absolute atomic E-state index is 0.220. The van der Waals surface area contributed by atoms with Crippen LogP contribution in [0.25, 0.3) is 0 Å². The Labute approximate surface area is 66.7 Å². The van der Waals surface area contributed by atoms with Crippen molar-refractivity contribution in [2.45, 2.75) is 20.3 Å². The molecule has 1 rings (SSSR count). The van der Waals surface area contributed by atoms with Crippen molar-refractivity contribution >= 4 is 5.78 Å². The van der Waals surface area contributed by atoms with Gasteiger partial charge in [-0.15, -0.1) is 0 Å². The highest BCUT2D eigenvalue weighted by Crippen LogP contribution is 2.23. The summed E-state index contributed by atoms with van der Waals surface area (Å²) in [6.45, 7) is 5.08. The largest absolute Gasteiger partial charge is 0.354 e. The van der Waals surface area contributed by atoms with Crippen LogP contribution in [0.1, 0.15) is 20.3 Å². The number of ether oxygens (including phenoxy) is 2. The summed E-state index contributed by atoms with van der Waals surface area (Å²) in [5.74, 6) is 0.220. The standard InChI is InChI=1S/C8H14O3/c1-3-7(9)8(2)4-10-6-11-5-8/h3-6H2,1-2H3. The summed E-state index contributed by atoms with van der Waals surface area (Å²) in [5, 5.41) is 0. The average Bonchev–Trinajstić information content (AvgIpc) is 2.04. The molecule has 0 N–H and O–H groups in total. The van der Waals surface area contributed by atoms with Crippen molar-refractivity contribution in [2.75, 3.05) is 20.0 Å². The predicted octanol–water partition coefficient (Wildman–Crippen LogP) is 0.976. The molecule has 0 amide bonds. The smallest absolute Gasteiger partial charge is 0.146 e. The lowest BCUT2D eigenvalue weighted by atomic mass is 9.86. The molecule has 3 heteroatoms. The number of carbonyl (C=O) groups is 1. The van der Waals surface area contributed by atoms with Gasteiger partial charge < -0.3 is 9.47 Å². The second-order valence-corrected chi connectivity index (χ2v) is 3.15. The predicted molar refractivity (Wildman–Crippen MR) is 40.2 cm³/mol. The van der Waals surface area contributed by atoms with E-state index < -0.39 is 5.41 Å². The highest BCUT2D eigenvalue weighted by molar-refractivity contribution is 5.84. The molecule has 0 aromatic heterocycles. The van der Waals surface area contributed by atoms with Gasteiger partial charge in [0.2, 0.25) is 0 Å². The van der Waals surface area contributed by atoms with E-state index in [9.17, 15) is 4.79 Å². The summed E-state index contributed by atoms with van der Waals surface area (Å²) >= 11 is 0. The maximum absolute atomic E-state index is 11.3. The van der Waals surface area contributed by atoms with Crippen LogP contribution in [0, 0.1) is 5.41 Å². The molecule has 11 heavy (non-hydrogen) atoms. The van der Waals surface area contributed by atoms with Crippen molar-refractivity contribution in [3.63, 3.8) is 0 Å². The summed E-state index contributed by atoms with van der Waals surface area (Å²) in [4.78, 5) is 11.3. The van der Waals surface area contributed by atoms with E-state index in [-0.39, 0.29) is 5.78 Å². The third-order valence-corrected chi connectivity index (χ3v) is 2.00. The van der Waals surface area contributed by atoms with Crippen molar-refractivity contribution in [1.82, 2.24) is 0 Å². The Morgan fingerprint density at radius 1 is 1.45 bits per heavy atom. The third kappa shape index (κ3) is 1.79. The zero-order chi connectivity index (χ0) is 8.32. The number of Topliss-reactive ketones (excluding diaryl/α,β-unsaturated/α-hetero) is 1. The van der Waals surface area contributed by atoms with E-state index in [4.69, 9.17) is 9.47 Å². The number of rotatable bonds is 2. The molecule has 0 aromatic rings. The molecule has 0 radical (unpaired) electrons. The van der Waals surface area contributed by atoms with Gasteiger partial charge in [-0.2, -0.15) is 0 Å². The van der Waals surface area contributed by atoms with Gasteiger partial charge in [-0.05, 0) is 6.92 Å². The minimum atomic E-state index is -0.396. The van der Waals surface area contributed by atoms with Crippen molar-refractivity contribution < 1.29 is 14.3 Å². The van der Waals surface area contributed by atoms with Crippen LogP contribution in [-0.4, -0.2) is 25.8 Å². The summed E-state index contributed by atoms with van der Waals surface area (Å²) in [6, 6.07) is 0. The fourth-order valence-electron chi connectivity index (χ4n) is 1.22. The van der Waals surface area contributed by atoms with Gasteiger partial charge in [0.15, 0.2) is 0 Å². The maximum atomic E-state index is 11.3. The van der Waals surface area contributed by atoms with E-state index in [1.807, 2.05) is 13.8 Å². The SMILES string of the molecule is CCC(=O)C1(C)COCOC1. The van der Waals surface area contributed by atoms with Gasteiger partial charge >= 0.3 is 0 Å². The van der Waals surface area contributed by atoms with E-state index in [2.05, 4.69) is 0 Å². The number of carbonyl (C=O) groups excluding carboxylic acids is 1. The van der Waals surface area contributed by atoms with Crippen molar-refractivity contribution in [3.8, 4) is 0 Å². The molecule has 1 heterocycles. The second kappa shape index (κ2) is 3.32. The Morgan fingerprint density at radius 3 is 2.45 bits per heavy atom. The van der Waals surface area contributed by atoms with E-state index in [1.54, 1.807) is 0 Å².